The lowest BCUT2D eigenvalue weighted by Crippen LogP contribution is -1.91. The first kappa shape index (κ1) is 17.6. The number of furan rings is 1. The summed E-state index contributed by atoms with van der Waals surface area (Å²) in [5.41, 5.74) is 3.47. The van der Waals surface area contributed by atoms with E-state index in [9.17, 15) is 2.74 Å². The molecule has 0 radical (unpaired) electrons. The highest BCUT2D eigenvalue weighted by Crippen LogP contribution is 2.47. The van der Waals surface area contributed by atoms with Gasteiger partial charge in [0, 0.05) is 10.8 Å². The van der Waals surface area contributed by atoms with Crippen LogP contribution in [-0.2, 0) is 0 Å². The Bertz CT molecular complexity index is 3540. The third-order valence-corrected chi connectivity index (χ3v) is 9.03. The molecule has 1 nitrogen and oxygen atoms in total. The summed E-state index contributed by atoms with van der Waals surface area (Å²) in [6, 6.07) is 26.6. The Morgan fingerprint density at radius 2 is 0.959 bits per heavy atom. The van der Waals surface area contributed by atoms with Gasteiger partial charge in [0.25, 0.3) is 0 Å². The minimum absolute atomic E-state index is 0.0573. The van der Waals surface area contributed by atoms with Crippen LogP contribution < -0.4 is 0 Å². The molecule has 0 saturated heterocycles. The fraction of sp³-hybridized carbons (Fsp3) is 0. The molecule has 228 valence electrons. The molecule has 49 heavy (non-hydrogen) atoms. The van der Waals surface area contributed by atoms with Crippen LogP contribution in [-0.4, -0.2) is 0 Å². The average Bonchev–Trinajstić information content (AvgIpc) is 3.69. The number of hydrogen-bond donors (Lipinski definition) is 0. The first-order valence-electron chi connectivity index (χ1n) is 22.3. The van der Waals surface area contributed by atoms with Crippen LogP contribution >= 0.6 is 0 Å². The van der Waals surface area contributed by atoms with Gasteiger partial charge < -0.3 is 4.42 Å². The molecule has 10 aromatic rings. The second kappa shape index (κ2) is 11.1. The van der Waals surface area contributed by atoms with Crippen molar-refractivity contribution in [3.05, 3.63) is 182 Å². The first-order chi connectivity index (χ1) is 29.7. The zero-order valence-electron chi connectivity index (χ0n) is 38.7. The zero-order chi connectivity index (χ0) is 43.6. The van der Waals surface area contributed by atoms with Crippen LogP contribution in [0.25, 0.3) is 98.8 Å². The van der Waals surface area contributed by atoms with E-state index >= 15 is 0 Å². The van der Waals surface area contributed by atoms with Crippen molar-refractivity contribution in [2.24, 2.45) is 0 Å². The SMILES string of the molecule is [2H]c1c(-c2ccccc2)c([2H])c2c(oc3c([2H])c([2H])c([2H])c(-c4c5ccccc5c(-c5ccc(-c6c([2H])c([2H])c7c([2H])c([2H])c([2H])c([2H])c7c6[2H])cc5)c5ccccc45)c32)c1[2H]. The van der Waals surface area contributed by atoms with Gasteiger partial charge in [-0.1, -0.05) is 158 Å². The number of rotatable bonds is 4. The molecule has 0 atom stereocenters. The van der Waals surface area contributed by atoms with Crippen LogP contribution in [0.2, 0.25) is 0 Å². The smallest absolute Gasteiger partial charge is 0.136 e. The van der Waals surface area contributed by atoms with Crippen LogP contribution in [0.15, 0.2) is 186 Å². The largest absolute Gasteiger partial charge is 0.456 e. The van der Waals surface area contributed by atoms with Gasteiger partial charge in [0.2, 0.25) is 0 Å². The molecule has 0 amide bonds. The van der Waals surface area contributed by atoms with Gasteiger partial charge in [0.15, 0.2) is 0 Å². The lowest BCUT2D eigenvalue weighted by molar-refractivity contribution is 0.669. The van der Waals surface area contributed by atoms with Gasteiger partial charge in [-0.05, 0) is 101 Å². The number of fused-ring (bicyclic) bond motifs is 6. The van der Waals surface area contributed by atoms with E-state index in [0.717, 1.165) is 21.9 Å². The summed E-state index contributed by atoms with van der Waals surface area (Å²) in [6.45, 7) is 0. The molecule has 0 unspecified atom stereocenters. The molecule has 1 aromatic heterocycles. The van der Waals surface area contributed by atoms with Crippen LogP contribution in [0.4, 0.5) is 0 Å². The van der Waals surface area contributed by atoms with Gasteiger partial charge in [-0.2, -0.15) is 0 Å². The monoisotopic (exact) mass is 635 g/mol. The van der Waals surface area contributed by atoms with Gasteiger partial charge in [-0.3, -0.25) is 0 Å². The summed E-state index contributed by atoms with van der Waals surface area (Å²) in [5.74, 6) is 0. The summed E-state index contributed by atoms with van der Waals surface area (Å²) in [7, 11) is 0. The minimum atomic E-state index is -0.532. The molecule has 0 aliphatic carbocycles. The van der Waals surface area contributed by atoms with Gasteiger partial charge in [-0.15, -0.1) is 0 Å². The van der Waals surface area contributed by atoms with Crippen molar-refractivity contribution >= 4 is 54.3 Å². The second-order valence-corrected chi connectivity index (χ2v) is 11.8. The Hall–Kier alpha value is -6.44. The number of hydrogen-bond acceptors (Lipinski definition) is 1. The van der Waals surface area contributed by atoms with E-state index in [1.54, 1.807) is 36.4 Å². The predicted molar refractivity (Wildman–Crippen MR) is 208 cm³/mol. The standard InChI is InChI=1S/C48H30O/c1-2-11-31(12-3-1)37-27-28-44-43(30-37)48-42(19-10-20-45(48)49-44)47-40-17-8-6-15-38(40)46(39-16-7-9-18-41(39)47)34-24-21-33(22-25-34)36-26-23-32-13-4-5-14-35(32)29-36/h1-30H/i4D,5D,10D,13D,14D,19D,20D,23D,26D,27D,28D,29D,30D. The van der Waals surface area contributed by atoms with Gasteiger partial charge in [0.1, 0.15) is 11.2 Å². The maximum Gasteiger partial charge on any atom is 0.136 e. The van der Waals surface area contributed by atoms with Crippen LogP contribution in [0.5, 0.6) is 0 Å². The molecule has 0 bridgehead atoms. The van der Waals surface area contributed by atoms with Crippen molar-refractivity contribution in [3.63, 3.8) is 0 Å². The quantitative estimate of drug-likeness (QED) is 0.175. The van der Waals surface area contributed by atoms with E-state index in [1.165, 1.54) is 0 Å². The van der Waals surface area contributed by atoms with Crippen molar-refractivity contribution < 1.29 is 22.2 Å². The Labute approximate surface area is 302 Å². The molecule has 1 heteroatoms. The molecule has 0 aliphatic rings. The summed E-state index contributed by atoms with van der Waals surface area (Å²) in [4.78, 5) is 0. The van der Waals surface area contributed by atoms with Gasteiger partial charge in [-0.25, -0.2) is 0 Å². The average molecular weight is 636 g/mol. The lowest BCUT2D eigenvalue weighted by Gasteiger charge is -2.18. The normalized spacial score (nSPS) is 15.4. The van der Waals surface area contributed by atoms with Crippen molar-refractivity contribution in [2.75, 3.05) is 0 Å². The van der Waals surface area contributed by atoms with Crippen molar-refractivity contribution in [1.29, 1.82) is 0 Å². The van der Waals surface area contributed by atoms with Gasteiger partial charge in [0.05, 0.1) is 17.8 Å². The summed E-state index contributed by atoms with van der Waals surface area (Å²) in [6.07, 6.45) is 0. The molecule has 0 N–H and O–H groups in total. The highest BCUT2D eigenvalue weighted by atomic mass is 16.3. The van der Waals surface area contributed by atoms with Crippen LogP contribution in [0, 0.1) is 0 Å². The third kappa shape index (κ3) is 4.47. The Morgan fingerprint density at radius 1 is 0.367 bits per heavy atom. The predicted octanol–water partition coefficient (Wildman–Crippen LogP) is 13.7. The molecule has 0 fully saturated rings. The Kier molecular flexibility index (Phi) is 3.99. The van der Waals surface area contributed by atoms with E-state index < -0.39 is 36.3 Å². The van der Waals surface area contributed by atoms with Crippen LogP contribution in [0.1, 0.15) is 17.8 Å². The summed E-state index contributed by atoms with van der Waals surface area (Å²) in [5, 5.41) is 3.01. The lowest BCUT2D eigenvalue weighted by atomic mass is 9.84. The van der Waals surface area contributed by atoms with E-state index in [0.29, 0.717) is 27.5 Å². The molecule has 10 rings (SSSR count). The van der Waals surface area contributed by atoms with E-state index in [1.807, 2.05) is 66.7 Å². The maximum atomic E-state index is 9.53. The molecule has 0 aliphatic heterocycles. The van der Waals surface area contributed by atoms with E-state index in [-0.39, 0.29) is 91.7 Å². The highest BCUT2D eigenvalue weighted by molar-refractivity contribution is 6.25. The first-order valence-corrected chi connectivity index (χ1v) is 15.8. The Morgan fingerprint density at radius 3 is 1.69 bits per heavy atom. The van der Waals surface area contributed by atoms with Crippen molar-refractivity contribution in [2.45, 2.75) is 0 Å². The van der Waals surface area contributed by atoms with E-state index in [2.05, 4.69) is 0 Å². The summed E-state index contributed by atoms with van der Waals surface area (Å²) >= 11 is 0. The molecular formula is C48H30O. The van der Waals surface area contributed by atoms with E-state index in [4.69, 9.17) is 19.5 Å². The number of benzene rings is 9. The van der Waals surface area contributed by atoms with Crippen molar-refractivity contribution in [3.8, 4) is 44.5 Å². The van der Waals surface area contributed by atoms with Crippen molar-refractivity contribution in [1.82, 2.24) is 0 Å². The molecule has 0 saturated carbocycles. The maximum absolute atomic E-state index is 9.53. The minimum Gasteiger partial charge on any atom is -0.456 e. The van der Waals surface area contributed by atoms with Crippen LogP contribution in [0.3, 0.4) is 0 Å². The fourth-order valence-corrected chi connectivity index (χ4v) is 6.83. The van der Waals surface area contributed by atoms with Gasteiger partial charge >= 0.3 is 0 Å². The molecule has 0 spiro atoms. The summed E-state index contributed by atoms with van der Waals surface area (Å²) < 4.78 is 121. The molecular weight excluding hydrogens is 593 g/mol. The Balaban J connectivity index is 1.26. The topological polar surface area (TPSA) is 13.1 Å². The zero-order valence-corrected chi connectivity index (χ0v) is 25.7. The third-order valence-electron chi connectivity index (χ3n) is 9.03. The second-order valence-electron chi connectivity index (χ2n) is 11.8. The highest BCUT2D eigenvalue weighted by Gasteiger charge is 2.20. The fourth-order valence-electron chi connectivity index (χ4n) is 6.83. The molecule has 1 heterocycles. The molecule has 9 aromatic carbocycles.